The zero-order valence-corrected chi connectivity index (χ0v) is 9.44. The Morgan fingerprint density at radius 2 is 2.24 bits per heavy atom. The molecule has 17 heavy (non-hydrogen) atoms. The predicted octanol–water partition coefficient (Wildman–Crippen LogP) is 1.99. The second-order valence-corrected chi connectivity index (χ2v) is 3.57. The lowest BCUT2D eigenvalue weighted by Crippen LogP contribution is -2.02. The van der Waals surface area contributed by atoms with Gasteiger partial charge >= 0.3 is 0 Å². The minimum Gasteiger partial charge on any atom is -0.494 e. The lowest BCUT2D eigenvalue weighted by Gasteiger charge is -2.02. The van der Waals surface area contributed by atoms with Crippen LogP contribution in [0, 0.1) is 5.82 Å². The first kappa shape index (κ1) is 11.6. The maximum atomic E-state index is 13.5. The van der Waals surface area contributed by atoms with Gasteiger partial charge in [-0.15, -0.1) is 0 Å². The molecular weight excluding hydrogens is 223 g/mol. The molecular formula is C12H13FN2O2. The molecule has 2 aromatic rings. The van der Waals surface area contributed by atoms with Crippen molar-refractivity contribution in [1.29, 1.82) is 0 Å². The fourth-order valence-corrected chi connectivity index (χ4v) is 1.53. The van der Waals surface area contributed by atoms with Crippen LogP contribution in [0.1, 0.15) is 5.69 Å². The Bertz CT molecular complexity index is 511. The van der Waals surface area contributed by atoms with Crippen molar-refractivity contribution < 1.29 is 13.7 Å². The number of nitrogens with zero attached hydrogens (tertiary/aromatic N) is 1. The van der Waals surface area contributed by atoms with Crippen LogP contribution in [0.2, 0.25) is 0 Å². The molecule has 0 atom stereocenters. The van der Waals surface area contributed by atoms with Gasteiger partial charge in [0.05, 0.1) is 12.8 Å². The van der Waals surface area contributed by atoms with Gasteiger partial charge in [0.2, 0.25) is 0 Å². The van der Waals surface area contributed by atoms with E-state index in [1.54, 1.807) is 18.2 Å². The van der Waals surface area contributed by atoms with Crippen molar-refractivity contribution in [3.63, 3.8) is 0 Å². The van der Waals surface area contributed by atoms with E-state index in [0.29, 0.717) is 24.3 Å². The maximum absolute atomic E-state index is 13.5. The minimum atomic E-state index is -0.429. The highest BCUT2D eigenvalue weighted by molar-refractivity contribution is 5.58. The van der Waals surface area contributed by atoms with Crippen LogP contribution in [0.5, 0.6) is 5.75 Å². The fraction of sp³-hybridized carbons (Fsp3) is 0.250. The van der Waals surface area contributed by atoms with Crippen LogP contribution in [0.15, 0.2) is 28.8 Å². The average Bonchev–Trinajstić information content (AvgIpc) is 2.78. The summed E-state index contributed by atoms with van der Waals surface area (Å²) in [5.41, 5.74) is 6.80. The molecule has 0 unspecified atom stereocenters. The van der Waals surface area contributed by atoms with Crippen LogP contribution >= 0.6 is 0 Å². The molecule has 0 saturated carbocycles. The van der Waals surface area contributed by atoms with E-state index >= 15 is 0 Å². The molecule has 0 amide bonds. The van der Waals surface area contributed by atoms with Gasteiger partial charge in [0.25, 0.3) is 0 Å². The molecule has 1 heterocycles. The first-order valence-electron chi connectivity index (χ1n) is 5.24. The summed E-state index contributed by atoms with van der Waals surface area (Å²) in [6.45, 7) is 0.503. The SMILES string of the molecule is COc1ccc(-c2cc(CCN)no2)cc1F. The summed E-state index contributed by atoms with van der Waals surface area (Å²) in [7, 11) is 1.42. The van der Waals surface area contributed by atoms with Crippen LogP contribution in [0.25, 0.3) is 11.3 Å². The summed E-state index contributed by atoms with van der Waals surface area (Å²) < 4.78 is 23.4. The number of hydrogen-bond donors (Lipinski definition) is 1. The second kappa shape index (κ2) is 4.97. The molecule has 1 aromatic carbocycles. The van der Waals surface area contributed by atoms with Crippen molar-refractivity contribution in [2.45, 2.75) is 6.42 Å². The number of nitrogens with two attached hydrogens (primary N) is 1. The number of methoxy groups -OCH3 is 1. The average molecular weight is 236 g/mol. The first-order chi connectivity index (χ1) is 8.24. The van der Waals surface area contributed by atoms with Crippen LogP contribution in [-0.2, 0) is 6.42 Å². The summed E-state index contributed by atoms with van der Waals surface area (Å²) in [6, 6.07) is 6.38. The molecule has 0 bridgehead atoms. The highest BCUT2D eigenvalue weighted by atomic mass is 19.1. The van der Waals surface area contributed by atoms with Gasteiger partial charge in [-0.1, -0.05) is 5.16 Å². The van der Waals surface area contributed by atoms with Gasteiger partial charge < -0.3 is 15.0 Å². The summed E-state index contributed by atoms with van der Waals surface area (Å²) >= 11 is 0. The molecule has 4 nitrogen and oxygen atoms in total. The number of rotatable bonds is 4. The van der Waals surface area contributed by atoms with Crippen molar-refractivity contribution in [2.24, 2.45) is 5.73 Å². The maximum Gasteiger partial charge on any atom is 0.167 e. The molecule has 90 valence electrons. The van der Waals surface area contributed by atoms with E-state index in [0.717, 1.165) is 5.69 Å². The smallest absolute Gasteiger partial charge is 0.167 e. The number of aromatic nitrogens is 1. The minimum absolute atomic E-state index is 0.204. The molecule has 0 aliphatic carbocycles. The normalized spacial score (nSPS) is 10.5. The van der Waals surface area contributed by atoms with Gasteiger partial charge in [0.1, 0.15) is 0 Å². The molecule has 0 fully saturated rings. The fourth-order valence-electron chi connectivity index (χ4n) is 1.53. The predicted molar refractivity (Wildman–Crippen MR) is 61.2 cm³/mol. The number of halogens is 1. The van der Waals surface area contributed by atoms with E-state index < -0.39 is 5.82 Å². The zero-order chi connectivity index (χ0) is 12.3. The van der Waals surface area contributed by atoms with E-state index in [2.05, 4.69) is 5.16 Å². The van der Waals surface area contributed by atoms with E-state index in [9.17, 15) is 4.39 Å². The molecule has 0 aliphatic heterocycles. The highest BCUT2D eigenvalue weighted by Gasteiger charge is 2.09. The number of ether oxygens (including phenoxy) is 1. The topological polar surface area (TPSA) is 61.3 Å². The standard InChI is InChI=1S/C12H13FN2O2/c1-16-11-3-2-8(6-10(11)13)12-7-9(4-5-14)15-17-12/h2-3,6-7H,4-5,14H2,1H3. The quantitative estimate of drug-likeness (QED) is 0.881. The van der Waals surface area contributed by atoms with E-state index in [1.807, 2.05) is 0 Å². The highest BCUT2D eigenvalue weighted by Crippen LogP contribution is 2.25. The zero-order valence-electron chi connectivity index (χ0n) is 9.44. The largest absolute Gasteiger partial charge is 0.494 e. The summed E-state index contributed by atoms with van der Waals surface area (Å²) in [5.74, 6) is 0.298. The monoisotopic (exact) mass is 236 g/mol. The van der Waals surface area contributed by atoms with Gasteiger partial charge in [0.15, 0.2) is 17.3 Å². The Morgan fingerprint density at radius 1 is 1.41 bits per heavy atom. The third kappa shape index (κ3) is 2.45. The molecule has 1 aromatic heterocycles. The second-order valence-electron chi connectivity index (χ2n) is 3.57. The Kier molecular flexibility index (Phi) is 3.39. The number of hydrogen-bond acceptors (Lipinski definition) is 4. The Hall–Kier alpha value is -1.88. The molecule has 0 saturated heterocycles. The van der Waals surface area contributed by atoms with Gasteiger partial charge in [0, 0.05) is 18.1 Å². The van der Waals surface area contributed by atoms with Crippen LogP contribution in [0.3, 0.4) is 0 Å². The van der Waals surface area contributed by atoms with Crippen LogP contribution < -0.4 is 10.5 Å². The van der Waals surface area contributed by atoms with Crippen LogP contribution in [0.4, 0.5) is 4.39 Å². The lowest BCUT2D eigenvalue weighted by atomic mass is 10.1. The van der Waals surface area contributed by atoms with Crippen molar-refractivity contribution in [2.75, 3.05) is 13.7 Å². The summed E-state index contributed by atoms with van der Waals surface area (Å²) in [5, 5.41) is 3.85. The summed E-state index contributed by atoms with van der Waals surface area (Å²) in [4.78, 5) is 0. The molecule has 2 rings (SSSR count). The van der Waals surface area contributed by atoms with Crippen molar-refractivity contribution >= 4 is 0 Å². The van der Waals surface area contributed by atoms with Gasteiger partial charge in [-0.2, -0.15) is 0 Å². The van der Waals surface area contributed by atoms with Gasteiger partial charge in [-0.05, 0) is 24.7 Å². The van der Waals surface area contributed by atoms with Crippen molar-refractivity contribution in [3.05, 3.63) is 35.8 Å². The van der Waals surface area contributed by atoms with Crippen LogP contribution in [-0.4, -0.2) is 18.8 Å². The molecule has 2 N–H and O–H groups in total. The van der Waals surface area contributed by atoms with E-state index in [4.69, 9.17) is 15.0 Å². The Balaban J connectivity index is 2.29. The first-order valence-corrected chi connectivity index (χ1v) is 5.24. The third-order valence-electron chi connectivity index (χ3n) is 2.40. The van der Waals surface area contributed by atoms with E-state index in [1.165, 1.54) is 13.2 Å². The molecule has 0 aliphatic rings. The molecule has 5 heteroatoms. The third-order valence-corrected chi connectivity index (χ3v) is 2.40. The molecule has 0 radical (unpaired) electrons. The van der Waals surface area contributed by atoms with Gasteiger partial charge in [-0.25, -0.2) is 4.39 Å². The number of benzene rings is 1. The summed E-state index contributed by atoms with van der Waals surface area (Å²) in [6.07, 6.45) is 0.641. The lowest BCUT2D eigenvalue weighted by molar-refractivity contribution is 0.386. The van der Waals surface area contributed by atoms with Crippen molar-refractivity contribution in [3.8, 4) is 17.1 Å². The Labute approximate surface area is 98.2 Å². The van der Waals surface area contributed by atoms with E-state index in [-0.39, 0.29) is 5.75 Å². The Morgan fingerprint density at radius 3 is 2.88 bits per heavy atom. The van der Waals surface area contributed by atoms with Crippen molar-refractivity contribution in [1.82, 2.24) is 5.16 Å². The van der Waals surface area contributed by atoms with Gasteiger partial charge in [-0.3, -0.25) is 0 Å². The molecule has 0 spiro atoms.